The van der Waals surface area contributed by atoms with Gasteiger partial charge in [0.15, 0.2) is 6.29 Å². The van der Waals surface area contributed by atoms with E-state index in [1.807, 2.05) is 12.1 Å². The number of pyridine rings is 1. The quantitative estimate of drug-likeness (QED) is 0.759. The fraction of sp³-hybridized carbons (Fsp3) is 0. The molecule has 0 aliphatic rings. The van der Waals surface area contributed by atoms with Crippen LogP contribution in [0.2, 0.25) is 10.0 Å². The van der Waals surface area contributed by atoms with Crippen molar-refractivity contribution in [3.05, 3.63) is 52.3 Å². The van der Waals surface area contributed by atoms with E-state index in [-0.39, 0.29) is 0 Å². The van der Waals surface area contributed by atoms with Gasteiger partial charge in [-0.3, -0.25) is 9.78 Å². The average Bonchev–Trinajstić information content (AvgIpc) is 2.30. The zero-order valence-corrected chi connectivity index (χ0v) is 9.66. The second-order valence-corrected chi connectivity index (χ2v) is 4.03. The number of carbonyl (C=O) groups is 1. The van der Waals surface area contributed by atoms with Crippen molar-refractivity contribution in [1.82, 2.24) is 4.98 Å². The van der Waals surface area contributed by atoms with Crippen LogP contribution in [0.15, 0.2) is 36.7 Å². The molecule has 4 heteroatoms. The second kappa shape index (κ2) is 4.64. The summed E-state index contributed by atoms with van der Waals surface area (Å²) in [6, 6.07) is 7.13. The second-order valence-electron chi connectivity index (χ2n) is 3.21. The first-order valence-corrected chi connectivity index (χ1v) is 5.32. The molecule has 0 atom stereocenters. The summed E-state index contributed by atoms with van der Waals surface area (Å²) < 4.78 is 0. The lowest BCUT2D eigenvalue weighted by Crippen LogP contribution is -1.87. The molecule has 1 aromatic carbocycles. The van der Waals surface area contributed by atoms with E-state index in [9.17, 15) is 4.79 Å². The highest BCUT2D eigenvalue weighted by Gasteiger charge is 2.08. The number of hydrogen-bond donors (Lipinski definition) is 0. The molecule has 0 radical (unpaired) electrons. The summed E-state index contributed by atoms with van der Waals surface area (Å²) in [7, 11) is 0. The van der Waals surface area contributed by atoms with Crippen molar-refractivity contribution in [2.75, 3.05) is 0 Å². The Bertz CT molecular complexity index is 503. The zero-order valence-electron chi connectivity index (χ0n) is 8.15. The minimum absolute atomic E-state index is 0.316. The number of nitrogens with zero attached hydrogens (tertiary/aromatic N) is 1. The van der Waals surface area contributed by atoms with E-state index in [4.69, 9.17) is 23.2 Å². The summed E-state index contributed by atoms with van der Waals surface area (Å²) in [6.45, 7) is 0. The summed E-state index contributed by atoms with van der Waals surface area (Å²) in [5.74, 6) is 0. The maximum atomic E-state index is 10.7. The summed E-state index contributed by atoms with van der Waals surface area (Å²) >= 11 is 11.9. The van der Waals surface area contributed by atoms with Gasteiger partial charge in [-0.15, -0.1) is 0 Å². The molecule has 80 valence electrons. The Hall–Kier alpha value is -1.38. The highest BCUT2D eigenvalue weighted by molar-refractivity contribution is 6.38. The molecule has 1 aromatic heterocycles. The lowest BCUT2D eigenvalue weighted by molar-refractivity contribution is 0.112. The molecular formula is C12H7Cl2NO. The van der Waals surface area contributed by atoms with Crippen molar-refractivity contribution in [3.63, 3.8) is 0 Å². The monoisotopic (exact) mass is 251 g/mol. The summed E-state index contributed by atoms with van der Waals surface area (Å²) in [5, 5.41) is 0.697. The number of carbonyl (C=O) groups excluding carboxylic acids is 1. The largest absolute Gasteiger partial charge is 0.298 e. The maximum Gasteiger partial charge on any atom is 0.153 e. The lowest BCUT2D eigenvalue weighted by atomic mass is 10.1. The normalized spacial score (nSPS) is 10.1. The van der Waals surface area contributed by atoms with Gasteiger partial charge in [-0.25, -0.2) is 0 Å². The van der Waals surface area contributed by atoms with Crippen molar-refractivity contribution in [3.8, 4) is 11.1 Å². The Labute approximate surface area is 103 Å². The van der Waals surface area contributed by atoms with Crippen LogP contribution in [0.4, 0.5) is 0 Å². The third-order valence-electron chi connectivity index (χ3n) is 2.19. The highest BCUT2D eigenvalue weighted by Crippen LogP contribution is 2.30. The van der Waals surface area contributed by atoms with Crippen LogP contribution < -0.4 is 0 Å². The van der Waals surface area contributed by atoms with Gasteiger partial charge in [0, 0.05) is 18.0 Å². The van der Waals surface area contributed by atoms with Crippen LogP contribution in [0.5, 0.6) is 0 Å². The Kier molecular flexibility index (Phi) is 3.22. The first-order chi connectivity index (χ1) is 7.72. The number of rotatable bonds is 2. The lowest BCUT2D eigenvalue weighted by Gasteiger charge is -2.05. The van der Waals surface area contributed by atoms with E-state index in [0.717, 1.165) is 11.1 Å². The first kappa shape index (κ1) is 11.1. The van der Waals surface area contributed by atoms with Gasteiger partial charge in [-0.2, -0.15) is 0 Å². The van der Waals surface area contributed by atoms with Gasteiger partial charge in [0.05, 0.1) is 15.6 Å². The molecule has 16 heavy (non-hydrogen) atoms. The molecule has 0 bridgehead atoms. The topological polar surface area (TPSA) is 30.0 Å². The van der Waals surface area contributed by atoms with Gasteiger partial charge >= 0.3 is 0 Å². The van der Waals surface area contributed by atoms with Gasteiger partial charge in [0.2, 0.25) is 0 Å². The molecule has 0 saturated carbocycles. The van der Waals surface area contributed by atoms with Crippen LogP contribution in [0.1, 0.15) is 10.4 Å². The molecule has 0 spiro atoms. The molecule has 0 fully saturated rings. The Balaban J connectivity index is 2.57. The SMILES string of the molecule is O=Cc1c(Cl)cc(-c2cccnc2)cc1Cl. The predicted octanol–water partition coefficient (Wildman–Crippen LogP) is 3.87. The molecular weight excluding hydrogens is 245 g/mol. The van der Waals surface area contributed by atoms with Crippen molar-refractivity contribution >= 4 is 29.5 Å². The van der Waals surface area contributed by atoms with Crippen LogP contribution >= 0.6 is 23.2 Å². The third kappa shape index (κ3) is 2.08. The number of aldehydes is 1. The molecule has 0 amide bonds. The van der Waals surface area contributed by atoms with Gasteiger partial charge in [-0.05, 0) is 23.8 Å². The minimum atomic E-state index is 0.316. The Morgan fingerprint density at radius 2 is 1.81 bits per heavy atom. The fourth-order valence-electron chi connectivity index (χ4n) is 1.40. The van der Waals surface area contributed by atoms with Crippen molar-refractivity contribution in [1.29, 1.82) is 0 Å². The zero-order chi connectivity index (χ0) is 11.5. The van der Waals surface area contributed by atoms with E-state index in [1.54, 1.807) is 24.5 Å². The highest BCUT2D eigenvalue weighted by atomic mass is 35.5. The van der Waals surface area contributed by atoms with Gasteiger partial charge in [-0.1, -0.05) is 29.3 Å². The van der Waals surface area contributed by atoms with E-state index in [2.05, 4.69) is 4.98 Å². The van der Waals surface area contributed by atoms with Crippen molar-refractivity contribution < 1.29 is 4.79 Å². The van der Waals surface area contributed by atoms with E-state index in [0.29, 0.717) is 21.9 Å². The average molecular weight is 252 g/mol. The fourth-order valence-corrected chi connectivity index (χ4v) is 1.97. The molecule has 0 saturated heterocycles. The minimum Gasteiger partial charge on any atom is -0.298 e. The molecule has 1 heterocycles. The number of halogens is 2. The van der Waals surface area contributed by atoms with Crippen molar-refractivity contribution in [2.24, 2.45) is 0 Å². The first-order valence-electron chi connectivity index (χ1n) is 4.57. The number of hydrogen-bond acceptors (Lipinski definition) is 2. The van der Waals surface area contributed by atoms with E-state index >= 15 is 0 Å². The molecule has 0 aliphatic heterocycles. The molecule has 2 rings (SSSR count). The van der Waals surface area contributed by atoms with Crippen LogP contribution in [0.3, 0.4) is 0 Å². The summed E-state index contributed by atoms with van der Waals surface area (Å²) in [6.07, 6.45) is 4.05. The maximum absolute atomic E-state index is 10.7. The van der Waals surface area contributed by atoms with Crippen LogP contribution in [0, 0.1) is 0 Å². The Morgan fingerprint density at radius 1 is 1.12 bits per heavy atom. The van der Waals surface area contributed by atoms with Gasteiger partial charge < -0.3 is 0 Å². The van der Waals surface area contributed by atoms with E-state index in [1.165, 1.54) is 0 Å². The Morgan fingerprint density at radius 3 is 2.31 bits per heavy atom. The van der Waals surface area contributed by atoms with E-state index < -0.39 is 0 Å². The molecule has 0 N–H and O–H groups in total. The molecule has 0 aliphatic carbocycles. The molecule has 2 nitrogen and oxygen atoms in total. The van der Waals surface area contributed by atoms with Crippen LogP contribution in [-0.4, -0.2) is 11.3 Å². The van der Waals surface area contributed by atoms with Gasteiger partial charge in [0.25, 0.3) is 0 Å². The number of benzene rings is 1. The van der Waals surface area contributed by atoms with Crippen molar-refractivity contribution in [2.45, 2.75) is 0 Å². The molecule has 0 unspecified atom stereocenters. The standard InChI is InChI=1S/C12H7Cl2NO/c13-11-4-9(5-12(14)10(11)7-16)8-2-1-3-15-6-8/h1-7H. The van der Waals surface area contributed by atoms with Gasteiger partial charge in [0.1, 0.15) is 0 Å². The predicted molar refractivity (Wildman–Crippen MR) is 65.1 cm³/mol. The number of aromatic nitrogens is 1. The summed E-state index contributed by atoms with van der Waals surface area (Å²) in [4.78, 5) is 14.7. The van der Waals surface area contributed by atoms with Crippen LogP contribution in [0.25, 0.3) is 11.1 Å². The third-order valence-corrected chi connectivity index (χ3v) is 2.82. The molecule has 2 aromatic rings. The summed E-state index contributed by atoms with van der Waals surface area (Å²) in [5.41, 5.74) is 2.06. The smallest absolute Gasteiger partial charge is 0.153 e. The van der Waals surface area contributed by atoms with Crippen LogP contribution in [-0.2, 0) is 0 Å².